The standard InChI is InChI=1S/C17H21N3O3S2/c1-10-8-18-15(11(2)16(10)23-4)9-25(21,24)17-19-13-6-5-12(22-3)7-14(13)20-17/h5-8,21,24H,9H2,1-4H3,(H,19,20). The number of aromatic nitrogens is 3. The molecule has 1 unspecified atom stereocenters. The van der Waals surface area contributed by atoms with Crippen molar-refractivity contribution in [3.05, 3.63) is 41.2 Å². The number of aromatic amines is 1. The van der Waals surface area contributed by atoms with E-state index in [1.165, 1.54) is 0 Å². The number of pyridine rings is 1. The second kappa shape index (κ2) is 6.78. The normalized spacial score (nSPS) is 15.0. The summed E-state index contributed by atoms with van der Waals surface area (Å²) in [6, 6.07) is 5.51. The van der Waals surface area contributed by atoms with E-state index in [2.05, 4.69) is 26.6 Å². The Morgan fingerprint density at radius 1 is 1.24 bits per heavy atom. The Kier molecular flexibility index (Phi) is 4.86. The summed E-state index contributed by atoms with van der Waals surface area (Å²) in [5.41, 5.74) is 4.15. The smallest absolute Gasteiger partial charge is 0.180 e. The highest BCUT2D eigenvalue weighted by Gasteiger charge is 2.26. The van der Waals surface area contributed by atoms with E-state index in [-0.39, 0.29) is 5.75 Å². The molecule has 8 heteroatoms. The van der Waals surface area contributed by atoms with E-state index in [9.17, 15) is 4.55 Å². The summed E-state index contributed by atoms with van der Waals surface area (Å²) in [7, 11) is 0.753. The van der Waals surface area contributed by atoms with Gasteiger partial charge in [0.25, 0.3) is 0 Å². The predicted octanol–water partition coefficient (Wildman–Crippen LogP) is 4.27. The third kappa shape index (κ3) is 3.42. The van der Waals surface area contributed by atoms with Gasteiger partial charge in [-0.25, -0.2) is 4.98 Å². The van der Waals surface area contributed by atoms with E-state index in [0.717, 1.165) is 39.4 Å². The van der Waals surface area contributed by atoms with Crippen molar-refractivity contribution < 1.29 is 14.0 Å². The molecule has 25 heavy (non-hydrogen) atoms. The molecule has 3 aromatic rings. The van der Waals surface area contributed by atoms with Crippen molar-refractivity contribution in [1.29, 1.82) is 0 Å². The van der Waals surface area contributed by atoms with Crippen LogP contribution in [0.2, 0.25) is 0 Å². The predicted molar refractivity (Wildman–Crippen MR) is 104 cm³/mol. The van der Waals surface area contributed by atoms with Gasteiger partial charge in [-0.05, 0) is 35.3 Å². The number of nitrogens with zero attached hydrogens (tertiary/aromatic N) is 2. The number of imidazole rings is 1. The van der Waals surface area contributed by atoms with Crippen LogP contribution in [0.4, 0.5) is 0 Å². The Morgan fingerprint density at radius 2 is 2.00 bits per heavy atom. The topological polar surface area (TPSA) is 80.3 Å². The molecule has 2 heterocycles. The van der Waals surface area contributed by atoms with Crippen molar-refractivity contribution in [2.24, 2.45) is 0 Å². The fourth-order valence-corrected chi connectivity index (χ4v) is 4.68. The number of hydrogen-bond acceptors (Lipinski definition) is 6. The number of methoxy groups -OCH3 is 2. The molecule has 3 rings (SSSR count). The van der Waals surface area contributed by atoms with Crippen LogP contribution in [0.15, 0.2) is 29.6 Å². The van der Waals surface area contributed by atoms with Gasteiger partial charge in [-0.1, -0.05) is 11.7 Å². The van der Waals surface area contributed by atoms with Crippen molar-refractivity contribution >= 4 is 32.0 Å². The maximum absolute atomic E-state index is 11.0. The number of hydrogen-bond donors (Lipinski definition) is 3. The summed E-state index contributed by atoms with van der Waals surface area (Å²) >= 11 is 4.52. The Balaban J connectivity index is 1.97. The molecule has 0 saturated carbocycles. The molecule has 2 aromatic heterocycles. The molecule has 1 aromatic carbocycles. The minimum absolute atomic E-state index is 0.273. The average Bonchev–Trinajstić information content (AvgIpc) is 3.02. The Bertz CT molecular complexity index is 925. The fourth-order valence-electron chi connectivity index (χ4n) is 2.72. The molecular weight excluding hydrogens is 358 g/mol. The second-order valence-corrected chi connectivity index (χ2v) is 9.60. The minimum atomic E-state index is -2.49. The third-order valence-electron chi connectivity index (χ3n) is 4.06. The van der Waals surface area contributed by atoms with Crippen LogP contribution < -0.4 is 9.47 Å². The van der Waals surface area contributed by atoms with Gasteiger partial charge in [0.2, 0.25) is 0 Å². The fraction of sp³-hybridized carbons (Fsp3) is 0.294. The van der Waals surface area contributed by atoms with Crippen LogP contribution in [-0.2, 0) is 5.75 Å². The molecule has 2 N–H and O–H groups in total. The van der Waals surface area contributed by atoms with Crippen molar-refractivity contribution in [2.75, 3.05) is 14.2 Å². The van der Waals surface area contributed by atoms with Crippen LogP contribution in [0.3, 0.4) is 0 Å². The zero-order chi connectivity index (χ0) is 18.2. The van der Waals surface area contributed by atoms with Crippen molar-refractivity contribution in [3.63, 3.8) is 0 Å². The number of thiol groups is 1. The molecule has 0 spiro atoms. The lowest BCUT2D eigenvalue weighted by atomic mass is 10.1. The highest BCUT2D eigenvalue weighted by atomic mass is 33.1. The number of H-pyrrole nitrogens is 1. The lowest BCUT2D eigenvalue weighted by molar-refractivity contribution is 0.407. The summed E-state index contributed by atoms with van der Waals surface area (Å²) in [4.78, 5) is 12.1. The Labute approximate surface area is 152 Å². The van der Waals surface area contributed by atoms with E-state index < -0.39 is 9.34 Å². The molecule has 0 bridgehead atoms. The van der Waals surface area contributed by atoms with Crippen LogP contribution in [0, 0.1) is 13.8 Å². The van der Waals surface area contributed by atoms with Gasteiger partial charge >= 0.3 is 0 Å². The minimum Gasteiger partial charge on any atom is -0.497 e. The lowest BCUT2D eigenvalue weighted by Crippen LogP contribution is -2.05. The molecular formula is C17H21N3O3S2. The summed E-state index contributed by atoms with van der Waals surface area (Å²) < 4.78 is 21.6. The number of nitrogens with one attached hydrogen (secondary N) is 1. The molecule has 0 aliphatic rings. The van der Waals surface area contributed by atoms with Crippen LogP contribution in [0.1, 0.15) is 16.8 Å². The SMILES string of the molecule is COc1ccc2nc(S(O)(S)Cc3ncc(C)c(OC)c3C)[nH]c2c1. The monoisotopic (exact) mass is 379 g/mol. The van der Waals surface area contributed by atoms with Crippen LogP contribution in [0.25, 0.3) is 11.0 Å². The average molecular weight is 380 g/mol. The zero-order valence-corrected chi connectivity index (χ0v) is 16.2. The summed E-state index contributed by atoms with van der Waals surface area (Å²) in [5.74, 6) is 1.78. The molecule has 0 radical (unpaired) electrons. The van der Waals surface area contributed by atoms with Gasteiger partial charge in [-0.2, -0.15) is 0 Å². The number of ether oxygens (including phenoxy) is 2. The molecule has 1 atom stereocenters. The molecule has 0 aliphatic heterocycles. The number of fused-ring (bicyclic) bond motifs is 1. The molecule has 134 valence electrons. The molecule has 0 saturated heterocycles. The van der Waals surface area contributed by atoms with Crippen LogP contribution in [-0.4, -0.2) is 33.7 Å². The molecule has 6 nitrogen and oxygen atoms in total. The largest absolute Gasteiger partial charge is 0.497 e. The molecule has 0 fully saturated rings. The van der Waals surface area contributed by atoms with Crippen LogP contribution >= 0.6 is 21.0 Å². The summed E-state index contributed by atoms with van der Waals surface area (Å²) in [5, 5.41) is 0.444. The quantitative estimate of drug-likeness (QED) is 0.456. The highest BCUT2D eigenvalue weighted by Crippen LogP contribution is 2.58. The lowest BCUT2D eigenvalue weighted by Gasteiger charge is -2.25. The zero-order valence-electron chi connectivity index (χ0n) is 14.5. The number of benzene rings is 1. The highest BCUT2D eigenvalue weighted by molar-refractivity contribution is 8.84. The van der Waals surface area contributed by atoms with Gasteiger partial charge in [-0.3, -0.25) is 4.98 Å². The molecule has 0 aliphatic carbocycles. The van der Waals surface area contributed by atoms with Crippen molar-refractivity contribution in [2.45, 2.75) is 24.8 Å². The Hall–Kier alpha value is -1.90. The van der Waals surface area contributed by atoms with Gasteiger partial charge in [0.1, 0.15) is 11.5 Å². The number of rotatable bonds is 5. The van der Waals surface area contributed by atoms with E-state index >= 15 is 0 Å². The third-order valence-corrected chi connectivity index (χ3v) is 6.46. The maximum atomic E-state index is 11.0. The van der Waals surface area contributed by atoms with E-state index in [1.54, 1.807) is 20.4 Å². The van der Waals surface area contributed by atoms with E-state index in [4.69, 9.17) is 9.47 Å². The first-order chi connectivity index (χ1) is 11.9. The first kappa shape index (κ1) is 17.9. The first-order valence-corrected chi connectivity index (χ1v) is 10.5. The Morgan fingerprint density at radius 3 is 2.68 bits per heavy atom. The van der Waals surface area contributed by atoms with E-state index in [0.29, 0.717) is 5.16 Å². The van der Waals surface area contributed by atoms with Crippen molar-refractivity contribution in [3.8, 4) is 11.5 Å². The van der Waals surface area contributed by atoms with Gasteiger partial charge in [0.05, 0.1) is 36.7 Å². The number of aryl methyl sites for hydroxylation is 1. The van der Waals surface area contributed by atoms with Gasteiger partial charge < -0.3 is 19.0 Å². The maximum Gasteiger partial charge on any atom is 0.180 e. The van der Waals surface area contributed by atoms with Crippen LogP contribution in [0.5, 0.6) is 11.5 Å². The van der Waals surface area contributed by atoms with Gasteiger partial charge in [0.15, 0.2) is 5.16 Å². The van der Waals surface area contributed by atoms with Gasteiger partial charge in [-0.15, -0.1) is 0 Å². The summed E-state index contributed by atoms with van der Waals surface area (Å²) in [6.07, 6.45) is 1.74. The summed E-state index contributed by atoms with van der Waals surface area (Å²) in [6.45, 7) is 3.87. The van der Waals surface area contributed by atoms with Crippen molar-refractivity contribution in [1.82, 2.24) is 15.0 Å². The van der Waals surface area contributed by atoms with Gasteiger partial charge in [0, 0.05) is 23.4 Å². The first-order valence-electron chi connectivity index (χ1n) is 7.64. The second-order valence-electron chi connectivity index (χ2n) is 5.78. The van der Waals surface area contributed by atoms with E-state index in [1.807, 2.05) is 32.0 Å². The molecule has 0 amide bonds.